The van der Waals surface area contributed by atoms with Gasteiger partial charge in [0.05, 0.1) is 31.4 Å². The van der Waals surface area contributed by atoms with Crippen LogP contribution in [0.25, 0.3) is 10.8 Å². The van der Waals surface area contributed by atoms with Gasteiger partial charge in [-0.15, -0.1) is 6.58 Å². The summed E-state index contributed by atoms with van der Waals surface area (Å²) in [5.41, 5.74) is 3.15. The summed E-state index contributed by atoms with van der Waals surface area (Å²) in [6, 6.07) is 19.8. The lowest BCUT2D eigenvalue weighted by Gasteiger charge is -2.60. The van der Waals surface area contributed by atoms with Crippen LogP contribution in [0.2, 0.25) is 0 Å². The summed E-state index contributed by atoms with van der Waals surface area (Å²) in [7, 11) is 0. The standard InChI is InChI=1S/C49H65N3O8/c1-6-28-58-49-44(52(47(55)56-7-2)33-36-18-14-17-34-15-8-9-19-38(34)36)32-42(50-60-48(3,4)5)40-30-35(16-10-12-26-53)39(20-11-13-27-54)45(46(40)49)41-31-37(21-22-43(41)59-49)57-29-25-51-23-24-51/h6,8-9,14-15,17-19,21-22,30-31,35,39,44-46,53-54H,1,7,10-13,16,20,23-29,32-33H2,2-5H3. The predicted molar refractivity (Wildman–Crippen MR) is 234 cm³/mol. The van der Waals surface area contributed by atoms with E-state index in [1.807, 2.05) is 58.0 Å². The largest absolute Gasteiger partial charge is 0.492 e. The number of amides is 1. The monoisotopic (exact) mass is 823 g/mol. The number of oxime groups is 1. The van der Waals surface area contributed by atoms with Gasteiger partial charge in [0.25, 0.3) is 0 Å². The molecule has 7 rings (SSSR count). The first kappa shape index (κ1) is 43.7. The van der Waals surface area contributed by atoms with Crippen LogP contribution in [0.1, 0.15) is 89.7 Å². The van der Waals surface area contributed by atoms with Gasteiger partial charge in [0.1, 0.15) is 29.7 Å². The van der Waals surface area contributed by atoms with Crippen molar-refractivity contribution in [2.24, 2.45) is 22.9 Å². The van der Waals surface area contributed by atoms with Crippen LogP contribution in [0.15, 0.2) is 90.1 Å². The first-order chi connectivity index (χ1) is 29.1. The Balaban J connectivity index is 1.45. The molecule has 11 heteroatoms. The average Bonchev–Trinajstić information content (AvgIpc) is 4.07. The average molecular weight is 824 g/mol. The summed E-state index contributed by atoms with van der Waals surface area (Å²) >= 11 is 0. The number of carbonyl (C=O) groups excluding carboxylic acids is 1. The number of fused-ring (bicyclic) bond motifs is 3. The van der Waals surface area contributed by atoms with E-state index in [9.17, 15) is 15.0 Å². The lowest BCUT2D eigenvalue weighted by atomic mass is 9.55. The third-order valence-corrected chi connectivity index (χ3v) is 12.4. The highest BCUT2D eigenvalue weighted by Gasteiger charge is 2.65. The molecule has 0 aromatic heterocycles. The molecule has 2 heterocycles. The van der Waals surface area contributed by atoms with E-state index in [0.717, 1.165) is 84.3 Å². The van der Waals surface area contributed by atoms with Crippen molar-refractivity contribution in [3.8, 4) is 11.5 Å². The molecule has 1 saturated heterocycles. The molecule has 1 saturated carbocycles. The number of nitrogens with zero attached hydrogens (tertiary/aromatic N) is 3. The van der Waals surface area contributed by atoms with E-state index < -0.39 is 29.4 Å². The van der Waals surface area contributed by atoms with Crippen LogP contribution in [0.5, 0.6) is 11.5 Å². The molecule has 60 heavy (non-hydrogen) atoms. The Morgan fingerprint density at radius 3 is 2.53 bits per heavy atom. The molecule has 2 N–H and O–H groups in total. The third kappa shape index (κ3) is 9.70. The van der Waals surface area contributed by atoms with E-state index in [2.05, 4.69) is 47.9 Å². The van der Waals surface area contributed by atoms with Gasteiger partial charge < -0.3 is 34.0 Å². The minimum absolute atomic E-state index is 0.101. The quantitative estimate of drug-likeness (QED) is 0.0499. The van der Waals surface area contributed by atoms with Crippen LogP contribution in [0.4, 0.5) is 4.79 Å². The topological polar surface area (TPSA) is 122 Å². The van der Waals surface area contributed by atoms with Gasteiger partial charge >= 0.3 is 6.09 Å². The molecular formula is C49H65N3O8. The number of benzene rings is 3. The van der Waals surface area contributed by atoms with Gasteiger partial charge in [0, 0.05) is 50.8 Å². The highest BCUT2D eigenvalue weighted by molar-refractivity contribution is 6.03. The summed E-state index contributed by atoms with van der Waals surface area (Å²) in [6.07, 6.45) is 8.70. The fourth-order valence-electron chi connectivity index (χ4n) is 9.64. The zero-order valence-corrected chi connectivity index (χ0v) is 36.0. The maximum absolute atomic E-state index is 14.6. The van der Waals surface area contributed by atoms with Crippen molar-refractivity contribution in [3.05, 3.63) is 96.1 Å². The van der Waals surface area contributed by atoms with Crippen molar-refractivity contribution < 1.29 is 38.8 Å². The summed E-state index contributed by atoms with van der Waals surface area (Å²) in [6.45, 7) is 16.3. The fraction of sp³-hybridized carbons (Fsp3) is 0.551. The van der Waals surface area contributed by atoms with Crippen LogP contribution in [0.3, 0.4) is 0 Å². The maximum atomic E-state index is 14.6. The van der Waals surface area contributed by atoms with E-state index in [0.29, 0.717) is 25.2 Å². The molecular weight excluding hydrogens is 759 g/mol. The molecule has 1 amide bonds. The number of hydrogen-bond acceptors (Lipinski definition) is 10. The number of aliphatic hydroxyl groups excluding tert-OH is 2. The first-order valence-electron chi connectivity index (χ1n) is 22.1. The molecule has 11 nitrogen and oxygen atoms in total. The summed E-state index contributed by atoms with van der Waals surface area (Å²) in [5.74, 6) is -0.303. The van der Waals surface area contributed by atoms with Gasteiger partial charge in [-0.1, -0.05) is 72.6 Å². The summed E-state index contributed by atoms with van der Waals surface area (Å²) in [5, 5.41) is 27.0. The number of carbonyl (C=O) groups is 1. The Hall–Kier alpha value is -4.42. The zero-order chi connectivity index (χ0) is 42.3. The van der Waals surface area contributed by atoms with Crippen molar-refractivity contribution >= 4 is 22.6 Å². The lowest BCUT2D eigenvalue weighted by molar-refractivity contribution is -0.256. The number of allylic oxidation sites excluding steroid dienone is 1. The van der Waals surface area contributed by atoms with Crippen molar-refractivity contribution in [1.29, 1.82) is 0 Å². The van der Waals surface area contributed by atoms with Gasteiger partial charge in [-0.05, 0) is 105 Å². The van der Waals surface area contributed by atoms with Crippen molar-refractivity contribution in [2.75, 3.05) is 52.7 Å². The van der Waals surface area contributed by atoms with Crippen molar-refractivity contribution in [2.45, 2.75) is 103 Å². The molecule has 6 atom stereocenters. The second-order valence-electron chi connectivity index (χ2n) is 17.6. The van der Waals surface area contributed by atoms with Gasteiger partial charge in [-0.2, -0.15) is 0 Å². The molecule has 4 aliphatic rings. The second-order valence-corrected chi connectivity index (χ2v) is 17.6. The molecule has 0 bridgehead atoms. The van der Waals surface area contributed by atoms with E-state index in [1.165, 1.54) is 0 Å². The molecule has 6 unspecified atom stereocenters. The molecule has 0 radical (unpaired) electrons. The Morgan fingerprint density at radius 1 is 1.03 bits per heavy atom. The van der Waals surface area contributed by atoms with E-state index in [1.54, 1.807) is 11.0 Å². The van der Waals surface area contributed by atoms with Crippen molar-refractivity contribution in [1.82, 2.24) is 9.80 Å². The number of ether oxygens (including phenoxy) is 4. The van der Waals surface area contributed by atoms with Gasteiger partial charge in [-0.25, -0.2) is 4.79 Å². The van der Waals surface area contributed by atoms with Crippen LogP contribution >= 0.6 is 0 Å². The SMILES string of the molecule is C=CCOC12Oc3ccc(OCCN4CC4)cc3C3C(CCCCO)C(CCCCO)C=C(C(=NOC(C)(C)C)CC1N(Cc1cccc4ccccc14)C(=O)OCC)C32. The Labute approximate surface area is 355 Å². The third-order valence-electron chi connectivity index (χ3n) is 12.4. The number of hydrogen-bond donors (Lipinski definition) is 2. The minimum atomic E-state index is -1.40. The van der Waals surface area contributed by atoms with E-state index in [-0.39, 0.29) is 57.1 Å². The molecule has 0 spiro atoms. The normalized spacial score (nSPS) is 25.1. The highest BCUT2D eigenvalue weighted by atomic mass is 16.7. The number of unbranched alkanes of at least 4 members (excludes halogenated alkanes) is 2. The lowest BCUT2D eigenvalue weighted by Crippen LogP contribution is -2.70. The Bertz CT molecular complexity index is 2000. The smallest absolute Gasteiger partial charge is 0.410 e. The van der Waals surface area contributed by atoms with E-state index >= 15 is 0 Å². The molecule has 2 aliphatic heterocycles. The molecule has 2 aliphatic carbocycles. The molecule has 3 aromatic rings. The van der Waals surface area contributed by atoms with Gasteiger partial charge in [0.15, 0.2) is 0 Å². The Kier molecular flexibility index (Phi) is 14.2. The summed E-state index contributed by atoms with van der Waals surface area (Å²) in [4.78, 5) is 25.1. The van der Waals surface area contributed by atoms with Crippen molar-refractivity contribution in [3.63, 3.8) is 0 Å². The molecule has 2 fully saturated rings. The molecule has 324 valence electrons. The summed E-state index contributed by atoms with van der Waals surface area (Å²) < 4.78 is 26.9. The van der Waals surface area contributed by atoms with Crippen LogP contribution in [-0.2, 0) is 20.9 Å². The predicted octanol–water partition coefficient (Wildman–Crippen LogP) is 8.63. The number of rotatable bonds is 20. The van der Waals surface area contributed by atoms with Crippen LogP contribution < -0.4 is 9.47 Å². The number of aliphatic hydroxyl groups is 2. The fourth-order valence-corrected chi connectivity index (χ4v) is 9.64. The molecule has 3 aromatic carbocycles. The minimum Gasteiger partial charge on any atom is -0.492 e. The van der Waals surface area contributed by atoms with Gasteiger partial charge in [-0.3, -0.25) is 9.80 Å². The Morgan fingerprint density at radius 2 is 1.80 bits per heavy atom. The maximum Gasteiger partial charge on any atom is 0.410 e. The first-order valence-corrected chi connectivity index (χ1v) is 22.1. The van der Waals surface area contributed by atoms with Crippen LogP contribution in [0, 0.1) is 17.8 Å². The highest BCUT2D eigenvalue weighted by Crippen LogP contribution is 2.62. The van der Waals surface area contributed by atoms with E-state index in [4.69, 9.17) is 28.9 Å². The van der Waals surface area contributed by atoms with Gasteiger partial charge in [0.2, 0.25) is 5.79 Å². The second kappa shape index (κ2) is 19.5. The van der Waals surface area contributed by atoms with Crippen LogP contribution in [-0.4, -0.2) is 102 Å². The zero-order valence-electron chi connectivity index (χ0n) is 36.0.